The first-order valence-corrected chi connectivity index (χ1v) is 6.77. The number of nitrogens with zero attached hydrogens (tertiary/aromatic N) is 5. The average molecular weight is 266 g/mol. The number of carbonyl (C=O) groups excluding carboxylic acids is 1. The predicted molar refractivity (Wildman–Crippen MR) is 72.3 cm³/mol. The smallest absolute Gasteiger partial charge is 0.244 e. The second-order valence-corrected chi connectivity index (χ2v) is 4.97. The van der Waals surface area contributed by atoms with Gasteiger partial charge in [-0.2, -0.15) is 0 Å². The van der Waals surface area contributed by atoms with Crippen LogP contribution in [0.1, 0.15) is 20.3 Å². The van der Waals surface area contributed by atoms with Crippen LogP contribution in [0.4, 0.5) is 5.95 Å². The van der Waals surface area contributed by atoms with Crippen molar-refractivity contribution in [2.75, 3.05) is 31.9 Å². The standard InChI is InChI=1S/C12H22N6O/c1-3-10(2)16-4-6-17(7-5-16)11(19)8-18-9-14-12(13)15-18/h9-10H,3-8H2,1-2H3,(H2,13,15). The summed E-state index contributed by atoms with van der Waals surface area (Å²) in [6.45, 7) is 8.10. The lowest BCUT2D eigenvalue weighted by atomic mass is 10.2. The Morgan fingerprint density at radius 2 is 2.11 bits per heavy atom. The molecule has 2 rings (SSSR count). The molecule has 2 heterocycles. The van der Waals surface area contributed by atoms with E-state index in [1.165, 1.54) is 11.0 Å². The number of piperazine rings is 1. The van der Waals surface area contributed by atoms with E-state index in [2.05, 4.69) is 28.8 Å². The number of hydrogen-bond donors (Lipinski definition) is 1. The topological polar surface area (TPSA) is 80.3 Å². The van der Waals surface area contributed by atoms with Gasteiger partial charge in [0, 0.05) is 32.2 Å². The molecule has 0 aromatic carbocycles. The normalized spacial score (nSPS) is 18.5. The van der Waals surface area contributed by atoms with Crippen LogP contribution >= 0.6 is 0 Å². The van der Waals surface area contributed by atoms with Crippen LogP contribution in [-0.4, -0.2) is 62.7 Å². The van der Waals surface area contributed by atoms with Crippen molar-refractivity contribution >= 4 is 11.9 Å². The summed E-state index contributed by atoms with van der Waals surface area (Å²) in [6.07, 6.45) is 2.63. The third-order valence-corrected chi connectivity index (χ3v) is 3.73. The number of nitrogen functional groups attached to an aromatic ring is 1. The Morgan fingerprint density at radius 3 is 2.63 bits per heavy atom. The van der Waals surface area contributed by atoms with Gasteiger partial charge in [-0.25, -0.2) is 9.67 Å². The minimum Gasteiger partial charge on any atom is -0.367 e. The summed E-state index contributed by atoms with van der Waals surface area (Å²) < 4.78 is 1.48. The van der Waals surface area contributed by atoms with Crippen molar-refractivity contribution in [1.82, 2.24) is 24.6 Å². The summed E-state index contributed by atoms with van der Waals surface area (Å²) in [5.74, 6) is 0.281. The van der Waals surface area contributed by atoms with E-state index in [1.807, 2.05) is 4.90 Å². The molecule has 1 aliphatic rings. The summed E-state index contributed by atoms with van der Waals surface area (Å²) in [6, 6.07) is 0.590. The van der Waals surface area contributed by atoms with Crippen molar-refractivity contribution in [2.24, 2.45) is 0 Å². The fourth-order valence-electron chi connectivity index (χ4n) is 2.29. The zero-order chi connectivity index (χ0) is 13.8. The molecular weight excluding hydrogens is 244 g/mol. The summed E-state index contributed by atoms with van der Waals surface area (Å²) >= 11 is 0. The fourth-order valence-corrected chi connectivity index (χ4v) is 2.29. The van der Waals surface area contributed by atoms with Crippen molar-refractivity contribution < 1.29 is 4.79 Å². The highest BCUT2D eigenvalue weighted by Crippen LogP contribution is 2.09. The van der Waals surface area contributed by atoms with Crippen molar-refractivity contribution in [3.05, 3.63) is 6.33 Å². The SMILES string of the molecule is CCC(C)N1CCN(C(=O)Cn2cnc(N)n2)CC1. The average Bonchev–Trinajstić information content (AvgIpc) is 2.83. The number of amides is 1. The first-order valence-electron chi connectivity index (χ1n) is 6.77. The third-order valence-electron chi connectivity index (χ3n) is 3.73. The lowest BCUT2D eigenvalue weighted by Gasteiger charge is -2.37. The molecule has 1 fully saturated rings. The molecule has 7 nitrogen and oxygen atoms in total. The van der Waals surface area contributed by atoms with Gasteiger partial charge in [-0.05, 0) is 13.3 Å². The molecule has 0 saturated carbocycles. The molecule has 0 aliphatic carbocycles. The van der Waals surface area contributed by atoms with Gasteiger partial charge in [0.05, 0.1) is 0 Å². The summed E-state index contributed by atoms with van der Waals surface area (Å²) in [4.78, 5) is 20.2. The molecule has 2 N–H and O–H groups in total. The fraction of sp³-hybridized carbons (Fsp3) is 0.750. The molecule has 1 amide bonds. The lowest BCUT2D eigenvalue weighted by Crippen LogP contribution is -2.51. The molecule has 1 saturated heterocycles. The molecule has 1 atom stereocenters. The zero-order valence-electron chi connectivity index (χ0n) is 11.6. The molecule has 0 bridgehead atoms. The first kappa shape index (κ1) is 13.8. The van der Waals surface area contributed by atoms with Crippen LogP contribution in [0.5, 0.6) is 0 Å². The molecule has 1 aromatic heterocycles. The van der Waals surface area contributed by atoms with Gasteiger partial charge in [-0.15, -0.1) is 5.10 Å². The van der Waals surface area contributed by atoms with Crippen molar-refractivity contribution in [3.8, 4) is 0 Å². The third kappa shape index (κ3) is 3.44. The molecule has 1 aromatic rings. The van der Waals surface area contributed by atoms with E-state index in [4.69, 9.17) is 5.73 Å². The number of aromatic nitrogens is 3. The first-order chi connectivity index (χ1) is 9.10. The molecule has 1 aliphatic heterocycles. The second-order valence-electron chi connectivity index (χ2n) is 4.97. The number of nitrogens with two attached hydrogens (primary N) is 1. The highest BCUT2D eigenvalue weighted by atomic mass is 16.2. The molecule has 7 heteroatoms. The van der Waals surface area contributed by atoms with Crippen LogP contribution in [-0.2, 0) is 11.3 Å². The van der Waals surface area contributed by atoms with Gasteiger partial charge >= 0.3 is 0 Å². The zero-order valence-corrected chi connectivity index (χ0v) is 11.6. The molecule has 1 unspecified atom stereocenters. The summed E-state index contributed by atoms with van der Waals surface area (Å²) in [7, 11) is 0. The van der Waals surface area contributed by atoms with Crippen LogP contribution in [0.2, 0.25) is 0 Å². The Balaban J connectivity index is 1.82. The number of anilines is 1. The number of rotatable bonds is 4. The molecular formula is C12H22N6O. The molecule has 0 radical (unpaired) electrons. The van der Waals surface area contributed by atoms with Crippen molar-refractivity contribution in [1.29, 1.82) is 0 Å². The minimum atomic E-state index is 0.0775. The number of hydrogen-bond acceptors (Lipinski definition) is 5. The Bertz CT molecular complexity index is 424. The van der Waals surface area contributed by atoms with E-state index in [0.29, 0.717) is 6.04 Å². The van der Waals surface area contributed by atoms with Crippen LogP contribution < -0.4 is 5.73 Å². The van der Waals surface area contributed by atoms with Gasteiger partial charge in [0.1, 0.15) is 12.9 Å². The second kappa shape index (κ2) is 6.01. The Kier molecular flexibility index (Phi) is 4.36. The maximum Gasteiger partial charge on any atom is 0.244 e. The van der Waals surface area contributed by atoms with Gasteiger partial charge in [0.2, 0.25) is 11.9 Å². The van der Waals surface area contributed by atoms with Gasteiger partial charge in [0.15, 0.2) is 0 Å². The predicted octanol–water partition coefficient (Wildman–Crippen LogP) is -0.197. The minimum absolute atomic E-state index is 0.0775. The van der Waals surface area contributed by atoms with E-state index in [9.17, 15) is 4.79 Å². The maximum absolute atomic E-state index is 12.1. The van der Waals surface area contributed by atoms with E-state index in [-0.39, 0.29) is 18.4 Å². The van der Waals surface area contributed by atoms with E-state index in [1.54, 1.807) is 0 Å². The quantitative estimate of drug-likeness (QED) is 0.816. The van der Waals surface area contributed by atoms with Gasteiger partial charge in [-0.3, -0.25) is 9.69 Å². The molecule has 19 heavy (non-hydrogen) atoms. The molecule has 0 spiro atoms. The van der Waals surface area contributed by atoms with Crippen LogP contribution in [0.15, 0.2) is 6.33 Å². The van der Waals surface area contributed by atoms with Crippen LogP contribution in [0, 0.1) is 0 Å². The van der Waals surface area contributed by atoms with Gasteiger partial charge < -0.3 is 10.6 Å². The van der Waals surface area contributed by atoms with Crippen LogP contribution in [0.25, 0.3) is 0 Å². The van der Waals surface area contributed by atoms with Crippen LogP contribution in [0.3, 0.4) is 0 Å². The number of carbonyl (C=O) groups is 1. The Morgan fingerprint density at radius 1 is 1.42 bits per heavy atom. The summed E-state index contributed by atoms with van der Waals surface area (Å²) in [5, 5.41) is 3.93. The maximum atomic E-state index is 12.1. The lowest BCUT2D eigenvalue weighted by molar-refractivity contribution is -0.134. The Hall–Kier alpha value is -1.63. The largest absolute Gasteiger partial charge is 0.367 e. The molecule has 106 valence electrons. The van der Waals surface area contributed by atoms with E-state index < -0.39 is 0 Å². The van der Waals surface area contributed by atoms with Gasteiger partial charge in [-0.1, -0.05) is 6.92 Å². The van der Waals surface area contributed by atoms with Gasteiger partial charge in [0.25, 0.3) is 0 Å². The van der Waals surface area contributed by atoms with E-state index >= 15 is 0 Å². The van der Waals surface area contributed by atoms with Crippen molar-refractivity contribution in [3.63, 3.8) is 0 Å². The van der Waals surface area contributed by atoms with Crippen molar-refractivity contribution in [2.45, 2.75) is 32.9 Å². The highest BCUT2D eigenvalue weighted by molar-refractivity contribution is 5.76. The summed E-state index contributed by atoms with van der Waals surface area (Å²) in [5.41, 5.74) is 5.42. The monoisotopic (exact) mass is 266 g/mol. The van der Waals surface area contributed by atoms with E-state index in [0.717, 1.165) is 32.6 Å². The Labute approximate surface area is 113 Å². The highest BCUT2D eigenvalue weighted by Gasteiger charge is 2.23.